The average Bonchev–Trinajstić information content (AvgIpc) is 2.48. The Balaban J connectivity index is 2.15. The molecule has 0 fully saturated rings. The van der Waals surface area contributed by atoms with Crippen molar-refractivity contribution in [1.82, 2.24) is 9.88 Å². The maximum Gasteiger partial charge on any atom is 0.272 e. The van der Waals surface area contributed by atoms with Gasteiger partial charge >= 0.3 is 0 Å². The number of rotatable bonds is 5. The number of hydrogen-bond acceptors (Lipinski definition) is 3. The van der Waals surface area contributed by atoms with Crippen LogP contribution in [0.2, 0.25) is 0 Å². The summed E-state index contributed by atoms with van der Waals surface area (Å²) in [6.45, 7) is 1.24. The predicted molar refractivity (Wildman–Crippen MR) is 74.4 cm³/mol. The summed E-state index contributed by atoms with van der Waals surface area (Å²) >= 11 is 0. The van der Waals surface area contributed by atoms with Gasteiger partial charge in [-0.25, -0.2) is 9.37 Å². The second-order valence-electron chi connectivity index (χ2n) is 4.36. The quantitative estimate of drug-likeness (QED) is 0.904. The molecule has 20 heavy (non-hydrogen) atoms. The Morgan fingerprint density at radius 2 is 1.95 bits per heavy atom. The molecular formula is C15H16FN3O. The van der Waals surface area contributed by atoms with Crippen molar-refractivity contribution in [3.8, 4) is 0 Å². The molecule has 5 heteroatoms. The maximum absolute atomic E-state index is 12.8. The van der Waals surface area contributed by atoms with Gasteiger partial charge in [-0.05, 0) is 17.7 Å². The van der Waals surface area contributed by atoms with Crippen molar-refractivity contribution < 1.29 is 9.18 Å². The van der Waals surface area contributed by atoms with E-state index in [1.54, 1.807) is 4.90 Å². The van der Waals surface area contributed by atoms with Gasteiger partial charge in [0.05, 0.1) is 6.20 Å². The molecule has 0 aliphatic rings. The Hall–Kier alpha value is -2.27. The molecule has 0 atom stereocenters. The third kappa shape index (κ3) is 3.61. The lowest BCUT2D eigenvalue weighted by molar-refractivity contribution is 0.0742. The van der Waals surface area contributed by atoms with E-state index in [-0.39, 0.29) is 11.6 Å². The number of aromatic nitrogens is 1. The van der Waals surface area contributed by atoms with Crippen molar-refractivity contribution in [1.29, 1.82) is 0 Å². The van der Waals surface area contributed by atoms with Crippen LogP contribution in [0, 0.1) is 5.82 Å². The third-order valence-electron chi connectivity index (χ3n) is 2.85. The molecule has 0 spiro atoms. The molecule has 0 saturated heterocycles. The highest BCUT2D eigenvalue weighted by atomic mass is 19.1. The molecule has 0 unspecified atom stereocenters. The van der Waals surface area contributed by atoms with Gasteiger partial charge < -0.3 is 10.6 Å². The van der Waals surface area contributed by atoms with Crippen LogP contribution in [0.4, 0.5) is 4.39 Å². The van der Waals surface area contributed by atoms with E-state index in [1.807, 2.05) is 30.3 Å². The van der Waals surface area contributed by atoms with E-state index in [2.05, 4.69) is 4.98 Å². The number of carbonyl (C=O) groups is 1. The molecule has 2 aromatic rings. The second kappa shape index (κ2) is 6.77. The van der Waals surface area contributed by atoms with Gasteiger partial charge in [0, 0.05) is 19.6 Å². The van der Waals surface area contributed by atoms with Crippen molar-refractivity contribution in [2.75, 3.05) is 13.1 Å². The first-order valence-corrected chi connectivity index (χ1v) is 6.35. The fourth-order valence-corrected chi connectivity index (χ4v) is 1.88. The van der Waals surface area contributed by atoms with Crippen LogP contribution in [0.15, 0.2) is 48.7 Å². The lowest BCUT2D eigenvalue weighted by atomic mass is 10.2. The predicted octanol–water partition coefficient (Wildman–Crippen LogP) is 1.82. The molecular weight excluding hydrogens is 257 g/mol. The van der Waals surface area contributed by atoms with Gasteiger partial charge in [0.15, 0.2) is 0 Å². The number of nitrogens with two attached hydrogens (primary N) is 1. The van der Waals surface area contributed by atoms with Crippen LogP contribution in [0.1, 0.15) is 16.1 Å². The number of nitrogens with zero attached hydrogens (tertiary/aromatic N) is 2. The molecule has 0 aliphatic carbocycles. The standard InChI is InChI=1S/C15H16FN3O/c16-13-6-7-14(18-10-13)15(20)19(9-8-17)11-12-4-2-1-3-5-12/h1-7,10H,8-9,11,17H2. The van der Waals surface area contributed by atoms with E-state index >= 15 is 0 Å². The molecule has 1 heterocycles. The summed E-state index contributed by atoms with van der Waals surface area (Å²) in [5.74, 6) is -0.714. The maximum atomic E-state index is 12.8. The number of benzene rings is 1. The highest BCUT2D eigenvalue weighted by Crippen LogP contribution is 2.08. The fourth-order valence-electron chi connectivity index (χ4n) is 1.88. The molecule has 2 N–H and O–H groups in total. The topological polar surface area (TPSA) is 59.2 Å². The zero-order chi connectivity index (χ0) is 14.4. The van der Waals surface area contributed by atoms with Crippen LogP contribution >= 0.6 is 0 Å². The third-order valence-corrected chi connectivity index (χ3v) is 2.85. The molecule has 0 saturated carbocycles. The van der Waals surface area contributed by atoms with Crippen molar-refractivity contribution >= 4 is 5.91 Å². The van der Waals surface area contributed by atoms with Gasteiger partial charge in [-0.1, -0.05) is 30.3 Å². The Morgan fingerprint density at radius 3 is 2.55 bits per heavy atom. The molecule has 104 valence electrons. The zero-order valence-corrected chi connectivity index (χ0v) is 11.0. The summed E-state index contributed by atoms with van der Waals surface area (Å²) in [5.41, 5.74) is 6.78. The SMILES string of the molecule is NCCN(Cc1ccccc1)C(=O)c1ccc(F)cn1. The van der Waals surface area contributed by atoms with Crippen LogP contribution in [0.5, 0.6) is 0 Å². The van der Waals surface area contributed by atoms with Gasteiger partial charge in [0.1, 0.15) is 11.5 Å². The van der Waals surface area contributed by atoms with E-state index in [4.69, 9.17) is 5.73 Å². The number of amides is 1. The normalized spacial score (nSPS) is 10.3. The van der Waals surface area contributed by atoms with E-state index in [1.165, 1.54) is 12.1 Å². The van der Waals surface area contributed by atoms with Crippen molar-refractivity contribution in [3.05, 3.63) is 65.7 Å². The first-order chi connectivity index (χ1) is 9.70. The highest BCUT2D eigenvalue weighted by Gasteiger charge is 2.16. The molecule has 0 radical (unpaired) electrons. The van der Waals surface area contributed by atoms with Gasteiger partial charge in [-0.15, -0.1) is 0 Å². The Labute approximate surface area is 117 Å². The summed E-state index contributed by atoms with van der Waals surface area (Å²) in [6, 6.07) is 12.2. The van der Waals surface area contributed by atoms with Crippen LogP contribution < -0.4 is 5.73 Å². The number of halogens is 1. The summed E-state index contributed by atoms with van der Waals surface area (Å²) in [6.07, 6.45) is 1.04. The minimum absolute atomic E-state index is 0.218. The average molecular weight is 273 g/mol. The zero-order valence-electron chi connectivity index (χ0n) is 11.0. The lowest BCUT2D eigenvalue weighted by Crippen LogP contribution is -2.35. The summed E-state index contributed by atoms with van der Waals surface area (Å²) in [5, 5.41) is 0. The monoisotopic (exact) mass is 273 g/mol. The lowest BCUT2D eigenvalue weighted by Gasteiger charge is -2.21. The molecule has 2 rings (SSSR count). The fraction of sp³-hybridized carbons (Fsp3) is 0.200. The smallest absolute Gasteiger partial charge is 0.272 e. The van der Waals surface area contributed by atoms with Crippen LogP contribution in [0.3, 0.4) is 0 Å². The Morgan fingerprint density at radius 1 is 1.20 bits per heavy atom. The number of hydrogen-bond donors (Lipinski definition) is 1. The minimum Gasteiger partial charge on any atom is -0.332 e. The number of carbonyl (C=O) groups excluding carboxylic acids is 1. The summed E-state index contributed by atoms with van der Waals surface area (Å²) < 4.78 is 12.8. The van der Waals surface area contributed by atoms with Crippen LogP contribution in [0.25, 0.3) is 0 Å². The van der Waals surface area contributed by atoms with E-state index < -0.39 is 5.82 Å². The van der Waals surface area contributed by atoms with Crippen molar-refractivity contribution in [2.24, 2.45) is 5.73 Å². The van der Waals surface area contributed by atoms with Gasteiger partial charge in [0.25, 0.3) is 5.91 Å². The highest BCUT2D eigenvalue weighted by molar-refractivity contribution is 5.92. The molecule has 4 nitrogen and oxygen atoms in total. The minimum atomic E-state index is -0.463. The van der Waals surface area contributed by atoms with Crippen LogP contribution in [-0.4, -0.2) is 28.9 Å². The summed E-state index contributed by atoms with van der Waals surface area (Å²) in [7, 11) is 0. The van der Waals surface area contributed by atoms with Gasteiger partial charge in [0.2, 0.25) is 0 Å². The Kier molecular flexibility index (Phi) is 4.79. The largest absolute Gasteiger partial charge is 0.332 e. The van der Waals surface area contributed by atoms with Gasteiger partial charge in [-0.3, -0.25) is 4.79 Å². The molecule has 1 aromatic carbocycles. The van der Waals surface area contributed by atoms with Gasteiger partial charge in [-0.2, -0.15) is 0 Å². The van der Waals surface area contributed by atoms with E-state index in [0.29, 0.717) is 19.6 Å². The van der Waals surface area contributed by atoms with E-state index in [9.17, 15) is 9.18 Å². The molecule has 1 amide bonds. The molecule has 0 bridgehead atoms. The first-order valence-electron chi connectivity index (χ1n) is 6.35. The van der Waals surface area contributed by atoms with Crippen LogP contribution in [-0.2, 0) is 6.54 Å². The molecule has 1 aromatic heterocycles. The number of pyridine rings is 1. The van der Waals surface area contributed by atoms with Crippen molar-refractivity contribution in [2.45, 2.75) is 6.54 Å². The second-order valence-corrected chi connectivity index (χ2v) is 4.36. The molecule has 0 aliphatic heterocycles. The van der Waals surface area contributed by atoms with E-state index in [0.717, 1.165) is 11.8 Å². The Bertz CT molecular complexity index is 557. The first kappa shape index (κ1) is 14.1. The van der Waals surface area contributed by atoms with Crippen molar-refractivity contribution in [3.63, 3.8) is 0 Å². The summed E-state index contributed by atoms with van der Waals surface area (Å²) in [4.78, 5) is 17.8.